The van der Waals surface area contributed by atoms with Gasteiger partial charge in [-0.2, -0.15) is 0 Å². The van der Waals surface area contributed by atoms with E-state index in [4.69, 9.17) is 9.84 Å². The number of aliphatic carboxylic acids is 1. The summed E-state index contributed by atoms with van der Waals surface area (Å²) in [6.45, 7) is 2.31. The minimum atomic E-state index is -0.862. The zero-order valence-electron chi connectivity index (χ0n) is 9.62. The number of hydrogen-bond acceptors (Lipinski definition) is 3. The molecule has 1 fully saturated rings. The first-order valence-corrected chi connectivity index (χ1v) is 5.68. The topological polar surface area (TPSA) is 75.6 Å². The van der Waals surface area contributed by atoms with E-state index in [1.165, 1.54) is 0 Å². The lowest BCUT2D eigenvalue weighted by Crippen LogP contribution is -2.49. The van der Waals surface area contributed by atoms with Crippen LogP contribution >= 0.6 is 0 Å². The molecule has 0 atom stereocenters. The third-order valence-corrected chi connectivity index (χ3v) is 2.89. The Morgan fingerprint density at radius 3 is 2.50 bits per heavy atom. The zero-order valence-corrected chi connectivity index (χ0v) is 9.62. The second-order valence-corrected chi connectivity index (χ2v) is 4.24. The lowest BCUT2D eigenvalue weighted by molar-refractivity contribution is -0.139. The van der Waals surface area contributed by atoms with Gasteiger partial charge in [0.25, 0.3) is 0 Å². The van der Waals surface area contributed by atoms with Crippen LogP contribution in [0.25, 0.3) is 0 Å². The molecule has 0 unspecified atom stereocenters. The number of ether oxygens (including phenoxy) is 1. The van der Waals surface area contributed by atoms with E-state index in [1.54, 1.807) is 0 Å². The van der Waals surface area contributed by atoms with E-state index in [0.29, 0.717) is 6.61 Å². The third-order valence-electron chi connectivity index (χ3n) is 2.89. The van der Waals surface area contributed by atoms with Gasteiger partial charge in [-0.15, -0.1) is 0 Å². The summed E-state index contributed by atoms with van der Waals surface area (Å²) in [6.07, 6.45) is 3.45. The zero-order chi connectivity index (χ0) is 12.0. The quantitative estimate of drug-likeness (QED) is 0.710. The van der Waals surface area contributed by atoms with Gasteiger partial charge >= 0.3 is 5.97 Å². The van der Waals surface area contributed by atoms with Crippen molar-refractivity contribution >= 4 is 11.9 Å². The molecule has 5 nitrogen and oxygen atoms in total. The number of amides is 1. The SMILES string of the molecule is CCOCC(=O)NC1(CC(=O)O)CCCC1. The molecular weight excluding hydrogens is 210 g/mol. The van der Waals surface area contributed by atoms with Crippen molar-refractivity contribution in [2.75, 3.05) is 13.2 Å². The molecule has 1 rings (SSSR count). The molecule has 16 heavy (non-hydrogen) atoms. The summed E-state index contributed by atoms with van der Waals surface area (Å²) in [5.41, 5.74) is -0.542. The molecule has 2 N–H and O–H groups in total. The summed E-state index contributed by atoms with van der Waals surface area (Å²) < 4.78 is 5.00. The van der Waals surface area contributed by atoms with Crippen molar-refractivity contribution in [1.29, 1.82) is 0 Å². The third kappa shape index (κ3) is 3.81. The monoisotopic (exact) mass is 229 g/mol. The molecule has 1 aliphatic rings. The van der Waals surface area contributed by atoms with Crippen molar-refractivity contribution in [1.82, 2.24) is 5.32 Å². The highest BCUT2D eigenvalue weighted by Gasteiger charge is 2.37. The molecule has 1 saturated carbocycles. The Kier molecular flexibility index (Phi) is 4.73. The van der Waals surface area contributed by atoms with Crippen LogP contribution in [0.1, 0.15) is 39.0 Å². The Bertz CT molecular complexity index is 259. The summed E-state index contributed by atoms with van der Waals surface area (Å²) in [5, 5.41) is 11.7. The summed E-state index contributed by atoms with van der Waals surface area (Å²) in [5.74, 6) is -1.08. The number of rotatable bonds is 6. The van der Waals surface area contributed by atoms with Crippen molar-refractivity contribution in [2.24, 2.45) is 0 Å². The second kappa shape index (κ2) is 5.84. The fourth-order valence-electron chi connectivity index (χ4n) is 2.21. The first-order valence-electron chi connectivity index (χ1n) is 5.68. The second-order valence-electron chi connectivity index (χ2n) is 4.24. The summed E-state index contributed by atoms with van der Waals surface area (Å²) in [4.78, 5) is 22.3. The van der Waals surface area contributed by atoms with Crippen LogP contribution in [-0.4, -0.2) is 35.7 Å². The van der Waals surface area contributed by atoms with E-state index in [9.17, 15) is 9.59 Å². The van der Waals surface area contributed by atoms with E-state index < -0.39 is 11.5 Å². The van der Waals surface area contributed by atoms with Gasteiger partial charge in [0.05, 0.1) is 12.0 Å². The molecule has 5 heteroatoms. The molecule has 0 spiro atoms. The first kappa shape index (κ1) is 13.0. The maximum absolute atomic E-state index is 11.5. The molecule has 92 valence electrons. The average molecular weight is 229 g/mol. The molecule has 0 aromatic rings. The van der Waals surface area contributed by atoms with Crippen LogP contribution < -0.4 is 5.32 Å². The average Bonchev–Trinajstić information content (AvgIpc) is 2.62. The molecule has 0 bridgehead atoms. The predicted molar refractivity (Wildman–Crippen MR) is 58.1 cm³/mol. The lowest BCUT2D eigenvalue weighted by Gasteiger charge is -2.28. The van der Waals surface area contributed by atoms with Gasteiger partial charge in [0, 0.05) is 6.61 Å². The Labute approximate surface area is 95.2 Å². The summed E-state index contributed by atoms with van der Waals surface area (Å²) in [7, 11) is 0. The van der Waals surface area contributed by atoms with Crippen molar-refractivity contribution in [3.05, 3.63) is 0 Å². The van der Waals surface area contributed by atoms with Crippen LogP contribution in [0.4, 0.5) is 0 Å². The van der Waals surface area contributed by atoms with Crippen molar-refractivity contribution in [2.45, 2.75) is 44.6 Å². The predicted octanol–water partition coefficient (Wildman–Crippen LogP) is 0.927. The molecule has 0 heterocycles. The molecule has 0 aliphatic heterocycles. The number of carboxylic acids is 1. The van der Waals surface area contributed by atoms with E-state index >= 15 is 0 Å². The summed E-state index contributed by atoms with van der Waals surface area (Å²) in [6, 6.07) is 0. The van der Waals surface area contributed by atoms with Gasteiger partial charge < -0.3 is 15.2 Å². The molecule has 0 radical (unpaired) electrons. The van der Waals surface area contributed by atoms with Crippen molar-refractivity contribution < 1.29 is 19.4 Å². The Balaban J connectivity index is 2.50. The molecular formula is C11H19NO4. The number of hydrogen-bond donors (Lipinski definition) is 2. The van der Waals surface area contributed by atoms with Gasteiger partial charge in [-0.05, 0) is 19.8 Å². The van der Waals surface area contributed by atoms with Gasteiger partial charge in [-0.25, -0.2) is 0 Å². The smallest absolute Gasteiger partial charge is 0.305 e. The fourth-order valence-corrected chi connectivity index (χ4v) is 2.21. The van der Waals surface area contributed by atoms with Crippen LogP contribution in [0.15, 0.2) is 0 Å². The molecule has 0 aromatic carbocycles. The maximum atomic E-state index is 11.5. The number of nitrogens with one attached hydrogen (secondary N) is 1. The summed E-state index contributed by atoms with van der Waals surface area (Å²) >= 11 is 0. The van der Waals surface area contributed by atoms with Gasteiger partial charge in [-0.3, -0.25) is 9.59 Å². The molecule has 0 aromatic heterocycles. The van der Waals surface area contributed by atoms with Crippen LogP contribution in [0.2, 0.25) is 0 Å². The highest BCUT2D eigenvalue weighted by atomic mass is 16.5. The Morgan fingerprint density at radius 1 is 1.38 bits per heavy atom. The largest absolute Gasteiger partial charge is 0.481 e. The van der Waals surface area contributed by atoms with E-state index in [1.807, 2.05) is 6.92 Å². The minimum Gasteiger partial charge on any atom is -0.481 e. The van der Waals surface area contributed by atoms with E-state index in [-0.39, 0.29) is 18.9 Å². The number of carbonyl (C=O) groups is 2. The first-order chi connectivity index (χ1) is 7.58. The standard InChI is InChI=1S/C11H19NO4/c1-2-16-8-9(13)12-11(7-10(14)15)5-3-4-6-11/h2-8H2,1H3,(H,12,13)(H,14,15). The highest BCUT2D eigenvalue weighted by Crippen LogP contribution is 2.32. The number of carboxylic acid groups (broad SMARTS) is 1. The molecule has 1 aliphatic carbocycles. The van der Waals surface area contributed by atoms with E-state index in [0.717, 1.165) is 25.7 Å². The molecule has 0 saturated heterocycles. The number of carbonyl (C=O) groups excluding carboxylic acids is 1. The van der Waals surface area contributed by atoms with Crippen LogP contribution in [0.3, 0.4) is 0 Å². The van der Waals surface area contributed by atoms with Crippen LogP contribution in [0, 0.1) is 0 Å². The minimum absolute atomic E-state index is 0.00483. The van der Waals surface area contributed by atoms with Crippen molar-refractivity contribution in [3.63, 3.8) is 0 Å². The van der Waals surface area contributed by atoms with Gasteiger partial charge in [0.15, 0.2) is 0 Å². The van der Waals surface area contributed by atoms with Crippen LogP contribution in [-0.2, 0) is 14.3 Å². The Morgan fingerprint density at radius 2 is 2.00 bits per heavy atom. The van der Waals surface area contributed by atoms with Gasteiger partial charge in [0.2, 0.25) is 5.91 Å². The Hall–Kier alpha value is -1.10. The highest BCUT2D eigenvalue weighted by molar-refractivity contribution is 5.79. The van der Waals surface area contributed by atoms with E-state index in [2.05, 4.69) is 5.32 Å². The van der Waals surface area contributed by atoms with Crippen LogP contribution in [0.5, 0.6) is 0 Å². The molecule has 1 amide bonds. The van der Waals surface area contributed by atoms with Gasteiger partial charge in [-0.1, -0.05) is 12.8 Å². The van der Waals surface area contributed by atoms with Gasteiger partial charge in [0.1, 0.15) is 6.61 Å². The lowest BCUT2D eigenvalue weighted by atomic mass is 9.93. The fraction of sp³-hybridized carbons (Fsp3) is 0.818. The normalized spacial score (nSPS) is 18.3. The van der Waals surface area contributed by atoms with Crippen molar-refractivity contribution in [3.8, 4) is 0 Å². The maximum Gasteiger partial charge on any atom is 0.305 e.